The summed E-state index contributed by atoms with van der Waals surface area (Å²) in [6, 6.07) is 17.5. The van der Waals surface area contributed by atoms with E-state index in [4.69, 9.17) is 9.47 Å². The van der Waals surface area contributed by atoms with Gasteiger partial charge < -0.3 is 14.8 Å². The summed E-state index contributed by atoms with van der Waals surface area (Å²) in [4.78, 5) is 11.6. The first-order valence-corrected chi connectivity index (χ1v) is 7.23. The SMILES string of the molecule is CN[C@@H](Cc1ccc(OCc2ccccc2)cc1)C(=O)OC. The number of nitrogens with one attached hydrogen (secondary N) is 1. The van der Waals surface area contributed by atoms with E-state index >= 15 is 0 Å². The highest BCUT2D eigenvalue weighted by molar-refractivity contribution is 5.76. The summed E-state index contributed by atoms with van der Waals surface area (Å²) in [6.07, 6.45) is 0.585. The lowest BCUT2D eigenvalue weighted by molar-refractivity contribution is -0.142. The van der Waals surface area contributed by atoms with Gasteiger partial charge in [0.25, 0.3) is 0 Å². The molecule has 2 rings (SSSR count). The second-order valence-electron chi connectivity index (χ2n) is 4.99. The van der Waals surface area contributed by atoms with Crippen molar-refractivity contribution in [3.8, 4) is 5.75 Å². The van der Waals surface area contributed by atoms with E-state index in [-0.39, 0.29) is 12.0 Å². The molecule has 0 aromatic heterocycles. The molecule has 0 amide bonds. The standard InChI is InChI=1S/C18H21NO3/c1-19-17(18(20)21-2)12-14-8-10-16(11-9-14)22-13-15-6-4-3-5-7-15/h3-11,17,19H,12-13H2,1-2H3/t17-/m0/s1. The van der Waals surface area contributed by atoms with Crippen LogP contribution in [0.4, 0.5) is 0 Å². The molecule has 4 nitrogen and oxygen atoms in total. The first kappa shape index (κ1) is 16.0. The molecular weight excluding hydrogens is 278 g/mol. The van der Waals surface area contributed by atoms with Crippen LogP contribution in [-0.2, 0) is 22.6 Å². The Kier molecular flexibility index (Phi) is 5.98. The Hall–Kier alpha value is -2.33. The molecule has 2 aromatic carbocycles. The number of rotatable bonds is 7. The number of benzene rings is 2. The van der Waals surface area contributed by atoms with Crippen LogP contribution in [0.1, 0.15) is 11.1 Å². The number of ether oxygens (including phenoxy) is 2. The van der Waals surface area contributed by atoms with Gasteiger partial charge in [0.2, 0.25) is 0 Å². The largest absolute Gasteiger partial charge is 0.489 e. The van der Waals surface area contributed by atoms with E-state index in [9.17, 15) is 4.79 Å². The molecule has 0 heterocycles. The molecule has 116 valence electrons. The highest BCUT2D eigenvalue weighted by atomic mass is 16.5. The molecule has 2 aromatic rings. The average molecular weight is 299 g/mol. The summed E-state index contributed by atoms with van der Waals surface area (Å²) < 4.78 is 10.5. The zero-order valence-corrected chi connectivity index (χ0v) is 12.9. The lowest BCUT2D eigenvalue weighted by atomic mass is 10.1. The maximum Gasteiger partial charge on any atom is 0.323 e. The molecule has 0 radical (unpaired) electrons. The van der Waals surface area contributed by atoms with E-state index < -0.39 is 0 Å². The monoisotopic (exact) mass is 299 g/mol. The van der Waals surface area contributed by atoms with Crippen LogP contribution in [0.15, 0.2) is 54.6 Å². The van der Waals surface area contributed by atoms with Gasteiger partial charge in [0, 0.05) is 0 Å². The minimum atomic E-state index is -0.332. The Labute approximate surface area is 131 Å². The number of likely N-dealkylation sites (N-methyl/N-ethyl adjacent to an activating group) is 1. The molecule has 0 saturated carbocycles. The number of hydrogen-bond donors (Lipinski definition) is 1. The molecule has 0 fully saturated rings. The van der Waals surface area contributed by atoms with Crippen molar-refractivity contribution < 1.29 is 14.3 Å². The van der Waals surface area contributed by atoms with E-state index in [1.165, 1.54) is 7.11 Å². The lowest BCUT2D eigenvalue weighted by Gasteiger charge is -2.14. The predicted molar refractivity (Wildman–Crippen MR) is 85.8 cm³/mol. The number of esters is 1. The van der Waals surface area contributed by atoms with Crippen molar-refractivity contribution >= 4 is 5.97 Å². The third kappa shape index (κ3) is 4.60. The van der Waals surface area contributed by atoms with Crippen molar-refractivity contribution in [1.82, 2.24) is 5.32 Å². The molecule has 0 saturated heterocycles. The Balaban J connectivity index is 1.91. The van der Waals surface area contributed by atoms with Gasteiger partial charge >= 0.3 is 5.97 Å². The van der Waals surface area contributed by atoms with Crippen LogP contribution < -0.4 is 10.1 Å². The van der Waals surface area contributed by atoms with Crippen molar-refractivity contribution in [3.63, 3.8) is 0 Å². The molecule has 4 heteroatoms. The molecule has 22 heavy (non-hydrogen) atoms. The minimum Gasteiger partial charge on any atom is -0.489 e. The van der Waals surface area contributed by atoms with Gasteiger partial charge in [0.1, 0.15) is 18.4 Å². The van der Waals surface area contributed by atoms with Crippen molar-refractivity contribution in [2.75, 3.05) is 14.2 Å². The molecule has 0 unspecified atom stereocenters. The Bertz CT molecular complexity index is 581. The van der Waals surface area contributed by atoms with Gasteiger partial charge in [0.05, 0.1) is 7.11 Å². The summed E-state index contributed by atoms with van der Waals surface area (Å²) in [7, 11) is 3.14. The molecule has 0 bridgehead atoms. The van der Waals surface area contributed by atoms with Gasteiger partial charge in [-0.2, -0.15) is 0 Å². The number of carbonyl (C=O) groups is 1. The Morgan fingerprint density at radius 1 is 1.05 bits per heavy atom. The highest BCUT2D eigenvalue weighted by Gasteiger charge is 2.17. The van der Waals surface area contributed by atoms with Crippen LogP contribution in [-0.4, -0.2) is 26.2 Å². The first-order valence-electron chi connectivity index (χ1n) is 7.23. The van der Waals surface area contributed by atoms with E-state index in [0.29, 0.717) is 13.0 Å². The second kappa shape index (κ2) is 8.20. The minimum absolute atomic E-state index is 0.257. The number of carbonyl (C=O) groups excluding carboxylic acids is 1. The van der Waals surface area contributed by atoms with Crippen LogP contribution in [0.2, 0.25) is 0 Å². The van der Waals surface area contributed by atoms with Crippen molar-refractivity contribution in [2.24, 2.45) is 0 Å². The van der Waals surface area contributed by atoms with Crippen molar-refractivity contribution in [1.29, 1.82) is 0 Å². The number of hydrogen-bond acceptors (Lipinski definition) is 4. The molecule has 0 aliphatic rings. The van der Waals surface area contributed by atoms with Crippen molar-refractivity contribution in [3.05, 3.63) is 65.7 Å². The van der Waals surface area contributed by atoms with Crippen LogP contribution in [0.5, 0.6) is 5.75 Å². The third-order valence-electron chi connectivity index (χ3n) is 3.45. The lowest BCUT2D eigenvalue weighted by Crippen LogP contribution is -2.36. The van der Waals surface area contributed by atoms with E-state index in [0.717, 1.165) is 16.9 Å². The normalized spacial score (nSPS) is 11.7. The molecular formula is C18H21NO3. The summed E-state index contributed by atoms with van der Waals surface area (Å²) in [5, 5.41) is 2.96. The number of methoxy groups -OCH3 is 1. The smallest absolute Gasteiger partial charge is 0.323 e. The quantitative estimate of drug-likeness (QED) is 0.798. The van der Waals surface area contributed by atoms with Crippen LogP contribution >= 0.6 is 0 Å². The summed E-state index contributed by atoms with van der Waals surface area (Å²) in [5.41, 5.74) is 2.18. The molecule has 0 aliphatic carbocycles. The van der Waals surface area contributed by atoms with Gasteiger partial charge in [-0.25, -0.2) is 0 Å². The second-order valence-corrected chi connectivity index (χ2v) is 4.99. The predicted octanol–water partition coefficient (Wildman–Crippen LogP) is 2.57. The Morgan fingerprint density at radius 2 is 1.73 bits per heavy atom. The molecule has 1 N–H and O–H groups in total. The fourth-order valence-electron chi connectivity index (χ4n) is 2.14. The topological polar surface area (TPSA) is 47.6 Å². The van der Waals surface area contributed by atoms with Gasteiger partial charge in [-0.3, -0.25) is 4.79 Å². The van der Waals surface area contributed by atoms with E-state index in [1.54, 1.807) is 7.05 Å². The van der Waals surface area contributed by atoms with Crippen molar-refractivity contribution in [2.45, 2.75) is 19.1 Å². The maximum absolute atomic E-state index is 11.6. The van der Waals surface area contributed by atoms with Crippen LogP contribution in [0.25, 0.3) is 0 Å². The average Bonchev–Trinajstić information content (AvgIpc) is 2.59. The van der Waals surface area contributed by atoms with Crippen LogP contribution in [0, 0.1) is 0 Å². The first-order chi connectivity index (χ1) is 10.7. The molecule has 0 spiro atoms. The zero-order chi connectivity index (χ0) is 15.8. The van der Waals surface area contributed by atoms with E-state index in [1.807, 2.05) is 54.6 Å². The fraction of sp³-hybridized carbons (Fsp3) is 0.278. The molecule has 1 atom stereocenters. The van der Waals surface area contributed by atoms with Gasteiger partial charge in [-0.1, -0.05) is 42.5 Å². The molecule has 0 aliphatic heterocycles. The van der Waals surface area contributed by atoms with Gasteiger partial charge in [-0.05, 0) is 36.7 Å². The Morgan fingerprint density at radius 3 is 2.32 bits per heavy atom. The fourth-order valence-corrected chi connectivity index (χ4v) is 2.14. The third-order valence-corrected chi connectivity index (χ3v) is 3.45. The maximum atomic E-state index is 11.6. The van der Waals surface area contributed by atoms with Gasteiger partial charge in [0.15, 0.2) is 0 Å². The van der Waals surface area contributed by atoms with E-state index in [2.05, 4.69) is 5.32 Å². The zero-order valence-electron chi connectivity index (χ0n) is 12.9. The summed E-state index contributed by atoms with van der Waals surface area (Å²) >= 11 is 0. The van der Waals surface area contributed by atoms with Gasteiger partial charge in [-0.15, -0.1) is 0 Å². The highest BCUT2D eigenvalue weighted by Crippen LogP contribution is 2.15. The van der Waals surface area contributed by atoms with Crippen LogP contribution in [0.3, 0.4) is 0 Å². The summed E-state index contributed by atoms with van der Waals surface area (Å²) in [5.74, 6) is 0.554. The summed E-state index contributed by atoms with van der Waals surface area (Å²) in [6.45, 7) is 0.543.